The van der Waals surface area contributed by atoms with E-state index in [1.54, 1.807) is 13.8 Å². The van der Waals surface area contributed by atoms with Crippen molar-refractivity contribution in [2.24, 2.45) is 0 Å². The first kappa shape index (κ1) is 52.7. The van der Waals surface area contributed by atoms with Gasteiger partial charge in [0.1, 0.15) is 26.3 Å². The van der Waals surface area contributed by atoms with Crippen molar-refractivity contribution in [3.05, 3.63) is 37.0 Å². The summed E-state index contributed by atoms with van der Waals surface area (Å²) in [6.45, 7) is 21.5. The Bertz CT molecular complexity index is 1310. The Kier molecular flexibility index (Phi) is 27.0. The highest BCUT2D eigenvalue weighted by atomic mass is 32.2. The van der Waals surface area contributed by atoms with Crippen LogP contribution in [0.4, 0.5) is 0 Å². The molecule has 0 aromatic rings. The number of carbonyl (C=O) groups excluding carboxylic acids is 3. The predicted octanol–water partition coefficient (Wildman–Crippen LogP) is 1.79. The molecule has 0 rings (SSSR count). The summed E-state index contributed by atoms with van der Waals surface area (Å²) in [6.07, 6.45) is 5.06. The van der Waals surface area contributed by atoms with Crippen LogP contribution in [-0.2, 0) is 44.1 Å². The Morgan fingerprint density at radius 3 is 1.43 bits per heavy atom. The average Bonchev–Trinajstić information content (AvgIpc) is 2.96. The zero-order chi connectivity index (χ0) is 40.5. The number of hydrogen-bond acceptors (Lipinski definition) is 11. The predicted molar refractivity (Wildman–Crippen MR) is 198 cm³/mol. The largest absolute Gasteiger partial charge is 0.748 e. The van der Waals surface area contributed by atoms with Gasteiger partial charge in [-0.1, -0.05) is 33.1 Å². The summed E-state index contributed by atoms with van der Waals surface area (Å²) >= 11 is 0. The van der Waals surface area contributed by atoms with Crippen molar-refractivity contribution in [3.63, 3.8) is 0 Å². The molecular formula is C34H67N4O11S2+. The molecule has 0 unspecified atom stereocenters. The van der Waals surface area contributed by atoms with Crippen molar-refractivity contribution in [3.8, 4) is 0 Å². The summed E-state index contributed by atoms with van der Waals surface area (Å²) in [5.74, 6) is -1.60. The molecular weight excluding hydrogens is 705 g/mol. The molecule has 0 spiro atoms. The molecule has 0 heterocycles. The highest BCUT2D eigenvalue weighted by Crippen LogP contribution is 2.04. The Labute approximate surface area is 308 Å². The number of unbranched alkanes of at least 4 members (excludes halogenated alkanes) is 1. The van der Waals surface area contributed by atoms with E-state index in [-0.39, 0.29) is 30.0 Å². The van der Waals surface area contributed by atoms with Crippen LogP contribution in [0.1, 0.15) is 52.9 Å². The number of likely N-dealkylation sites (N-methyl/N-ethyl adjacent to an activating group) is 2. The van der Waals surface area contributed by atoms with Gasteiger partial charge in [0.2, 0.25) is 5.91 Å². The lowest BCUT2D eigenvalue weighted by Gasteiger charge is -2.30. The smallest absolute Gasteiger partial charge is 0.333 e. The van der Waals surface area contributed by atoms with E-state index >= 15 is 0 Å². The number of quaternary nitrogens is 3. The third-order valence-electron chi connectivity index (χ3n) is 7.43. The van der Waals surface area contributed by atoms with Gasteiger partial charge in [0, 0.05) is 54.5 Å². The molecule has 1 amide bonds. The summed E-state index contributed by atoms with van der Waals surface area (Å²) in [5.41, 5.74) is 0.826. The van der Waals surface area contributed by atoms with Crippen molar-refractivity contribution in [1.29, 1.82) is 0 Å². The van der Waals surface area contributed by atoms with Crippen LogP contribution in [0.25, 0.3) is 0 Å². The Morgan fingerprint density at radius 2 is 1.06 bits per heavy atom. The molecule has 0 fully saturated rings. The Morgan fingerprint density at radius 1 is 0.667 bits per heavy atom. The van der Waals surface area contributed by atoms with Gasteiger partial charge >= 0.3 is 11.9 Å². The number of nitrogens with one attached hydrogen (secondary N) is 1. The van der Waals surface area contributed by atoms with E-state index in [4.69, 9.17) is 9.47 Å². The van der Waals surface area contributed by atoms with Crippen LogP contribution in [0.3, 0.4) is 0 Å². The van der Waals surface area contributed by atoms with Crippen LogP contribution in [-0.4, -0.2) is 170 Å². The van der Waals surface area contributed by atoms with Crippen LogP contribution >= 0.6 is 0 Å². The minimum atomic E-state index is -4.15. The summed E-state index contributed by atoms with van der Waals surface area (Å²) < 4.78 is 74.8. The van der Waals surface area contributed by atoms with Gasteiger partial charge in [-0.15, -0.1) is 0 Å². The maximum atomic E-state index is 11.2. The third kappa shape index (κ3) is 38.4. The van der Waals surface area contributed by atoms with E-state index in [2.05, 4.69) is 46.1 Å². The van der Waals surface area contributed by atoms with Gasteiger partial charge in [-0.05, 0) is 20.3 Å². The van der Waals surface area contributed by atoms with Gasteiger partial charge in [-0.3, -0.25) is 4.79 Å². The van der Waals surface area contributed by atoms with E-state index < -0.39 is 26.2 Å². The number of ether oxygens (including phenoxy) is 2. The van der Waals surface area contributed by atoms with Gasteiger partial charge in [-0.2, -0.15) is 0 Å². The van der Waals surface area contributed by atoms with Crippen LogP contribution in [0.15, 0.2) is 37.0 Å². The van der Waals surface area contributed by atoms with E-state index in [1.807, 2.05) is 28.2 Å². The van der Waals surface area contributed by atoms with Gasteiger partial charge < -0.3 is 37.3 Å². The number of nitrogens with zero attached hydrogens (tertiary/aromatic N) is 3. The SMILES string of the molecule is C=C(C)C(=O)NCCC[N+](C)(C)CCCS(=O)(=O)[O-].C=C(C)C(=O)OCC[N+](C)(C)CCCS(=O)(=O)[O-].C=CC(=O)OCC[N+](C)(C)CCCC. The van der Waals surface area contributed by atoms with Gasteiger partial charge in [0.05, 0.1) is 88.7 Å². The zero-order valence-electron chi connectivity index (χ0n) is 32.7. The number of carbonyl (C=O) groups is 3. The molecule has 300 valence electrons. The molecule has 0 aromatic heterocycles. The molecule has 0 aliphatic rings. The third-order valence-corrected chi connectivity index (χ3v) is 9.01. The molecule has 15 nitrogen and oxygen atoms in total. The average molecular weight is 772 g/mol. The van der Waals surface area contributed by atoms with Crippen molar-refractivity contribution >= 4 is 38.1 Å². The van der Waals surface area contributed by atoms with E-state index in [0.717, 1.165) is 30.5 Å². The fraction of sp³-hybridized carbons (Fsp3) is 0.735. The first-order valence-electron chi connectivity index (χ1n) is 17.0. The van der Waals surface area contributed by atoms with Gasteiger partial charge in [0.25, 0.3) is 0 Å². The van der Waals surface area contributed by atoms with Crippen molar-refractivity contribution in [1.82, 2.24) is 5.32 Å². The monoisotopic (exact) mass is 771 g/mol. The molecule has 0 aliphatic heterocycles. The summed E-state index contributed by atoms with van der Waals surface area (Å²) in [7, 11) is 3.73. The topological polar surface area (TPSA) is 196 Å². The van der Waals surface area contributed by atoms with Crippen molar-refractivity contribution < 1.29 is 63.2 Å². The van der Waals surface area contributed by atoms with E-state index in [9.17, 15) is 40.3 Å². The quantitative estimate of drug-likeness (QED) is 0.0494. The molecule has 0 saturated heterocycles. The fourth-order valence-electron chi connectivity index (χ4n) is 4.08. The lowest BCUT2D eigenvalue weighted by Crippen LogP contribution is -2.43. The fourth-order valence-corrected chi connectivity index (χ4v) is 5.05. The minimum absolute atomic E-state index is 0.150. The molecule has 51 heavy (non-hydrogen) atoms. The maximum absolute atomic E-state index is 11.2. The normalized spacial score (nSPS) is 11.9. The van der Waals surface area contributed by atoms with Gasteiger partial charge in [-0.25, -0.2) is 26.4 Å². The zero-order valence-corrected chi connectivity index (χ0v) is 34.3. The van der Waals surface area contributed by atoms with Gasteiger partial charge in [0.15, 0.2) is 0 Å². The number of esters is 2. The highest BCUT2D eigenvalue weighted by Gasteiger charge is 2.17. The lowest BCUT2D eigenvalue weighted by molar-refractivity contribution is -0.890. The maximum Gasteiger partial charge on any atom is 0.333 e. The molecule has 0 bridgehead atoms. The van der Waals surface area contributed by atoms with Crippen LogP contribution in [0, 0.1) is 0 Å². The molecule has 1 N–H and O–H groups in total. The first-order chi connectivity index (χ1) is 23.1. The Hall–Kier alpha value is -2.67. The van der Waals surface area contributed by atoms with E-state index in [1.165, 1.54) is 18.9 Å². The molecule has 0 aliphatic carbocycles. The van der Waals surface area contributed by atoms with Crippen molar-refractivity contribution in [2.45, 2.75) is 52.9 Å². The lowest BCUT2D eigenvalue weighted by atomic mass is 10.3. The molecule has 0 atom stereocenters. The number of rotatable bonds is 24. The summed E-state index contributed by atoms with van der Waals surface area (Å²) in [5, 5.41) is 2.74. The second-order valence-electron chi connectivity index (χ2n) is 14.4. The van der Waals surface area contributed by atoms with Crippen LogP contribution < -0.4 is 5.32 Å². The molecule has 0 saturated carbocycles. The van der Waals surface area contributed by atoms with Crippen LogP contribution in [0.5, 0.6) is 0 Å². The Balaban J connectivity index is -0.000000686. The number of amides is 1. The summed E-state index contributed by atoms with van der Waals surface area (Å²) in [6, 6.07) is 0. The second-order valence-corrected chi connectivity index (χ2v) is 17.5. The minimum Gasteiger partial charge on any atom is -0.748 e. The molecule has 0 radical (unpaired) electrons. The molecule has 17 heteroatoms. The van der Waals surface area contributed by atoms with E-state index in [0.29, 0.717) is 65.7 Å². The van der Waals surface area contributed by atoms with Crippen molar-refractivity contribution in [2.75, 3.05) is 113 Å². The highest BCUT2D eigenvalue weighted by molar-refractivity contribution is 7.85. The number of hydrogen-bond donors (Lipinski definition) is 1. The summed E-state index contributed by atoms with van der Waals surface area (Å²) in [4.78, 5) is 33.1. The first-order valence-corrected chi connectivity index (χ1v) is 20.1. The van der Waals surface area contributed by atoms with Crippen LogP contribution in [0.2, 0.25) is 0 Å². The standard InChI is InChI=1S/C12H24N2O4S.C11H21NO5S.C11H22NO2/c1-11(2)12(15)13-7-5-8-14(3,4)9-6-10-19(16,17)18;1-10(2)11(13)17-8-7-12(3,4)6-5-9-18(14,15)16;1-5-7-8-12(3,4)9-10-14-11(13)6-2/h1,5-10H2,2-4H3,(H-,13,15,16,17,18);1,5-9H2,2-4H3;6H,2,5,7-10H2,1,3-4H3/q;;+1. The second kappa shape index (κ2) is 26.1. The molecule has 0 aromatic carbocycles.